The van der Waals surface area contributed by atoms with Crippen molar-refractivity contribution in [2.45, 2.75) is 32.4 Å². The van der Waals surface area contributed by atoms with E-state index in [4.69, 9.17) is 5.11 Å². The van der Waals surface area contributed by atoms with E-state index in [2.05, 4.69) is 10.3 Å². The number of carbonyl (C=O) groups is 2. The number of nitro groups is 1. The average Bonchev–Trinajstić information content (AvgIpc) is 2.73. The van der Waals surface area contributed by atoms with Gasteiger partial charge in [-0.1, -0.05) is 0 Å². The Morgan fingerprint density at radius 1 is 1.63 bits per heavy atom. The van der Waals surface area contributed by atoms with Crippen molar-refractivity contribution in [1.29, 1.82) is 0 Å². The van der Waals surface area contributed by atoms with E-state index in [-0.39, 0.29) is 31.1 Å². The molecule has 1 unspecified atom stereocenters. The summed E-state index contributed by atoms with van der Waals surface area (Å²) >= 11 is 0. The van der Waals surface area contributed by atoms with Gasteiger partial charge < -0.3 is 25.1 Å². The van der Waals surface area contributed by atoms with Crippen LogP contribution in [0, 0.1) is 10.1 Å². The minimum absolute atomic E-state index is 0.0947. The summed E-state index contributed by atoms with van der Waals surface area (Å²) in [5, 5.41) is 21.5. The Hall–Kier alpha value is -2.45. The number of nitrogens with one attached hydrogen (secondary N) is 1. The van der Waals surface area contributed by atoms with E-state index in [1.807, 2.05) is 0 Å². The van der Waals surface area contributed by atoms with Gasteiger partial charge in [0.05, 0.1) is 6.42 Å². The van der Waals surface area contributed by atoms with E-state index >= 15 is 0 Å². The first-order chi connectivity index (χ1) is 8.88. The van der Waals surface area contributed by atoms with Gasteiger partial charge in [0.1, 0.15) is 6.20 Å². The highest BCUT2D eigenvalue weighted by Crippen LogP contribution is 2.06. The maximum atomic E-state index is 11.5. The Morgan fingerprint density at radius 3 is 2.84 bits per heavy atom. The molecule has 1 amide bonds. The van der Waals surface area contributed by atoms with Crippen LogP contribution in [0.3, 0.4) is 0 Å². The van der Waals surface area contributed by atoms with Gasteiger partial charge in [-0.05, 0) is 16.8 Å². The maximum absolute atomic E-state index is 11.5. The quantitative estimate of drug-likeness (QED) is 0.536. The molecule has 1 heterocycles. The number of hydrogen-bond donors (Lipinski definition) is 2. The lowest BCUT2D eigenvalue weighted by atomic mass is 10.2. The van der Waals surface area contributed by atoms with Gasteiger partial charge in [0.2, 0.25) is 12.2 Å². The van der Waals surface area contributed by atoms with Crippen LogP contribution in [0.15, 0.2) is 12.5 Å². The van der Waals surface area contributed by atoms with Crippen LogP contribution in [0.2, 0.25) is 0 Å². The molecule has 1 aromatic rings. The van der Waals surface area contributed by atoms with Gasteiger partial charge in [0, 0.05) is 19.0 Å². The third kappa shape index (κ3) is 5.15. The normalized spacial score (nSPS) is 11.8. The molecular weight excluding hydrogens is 256 g/mol. The second-order valence-electron chi connectivity index (χ2n) is 4.04. The summed E-state index contributed by atoms with van der Waals surface area (Å²) < 4.78 is 1.43. The van der Waals surface area contributed by atoms with E-state index in [1.54, 1.807) is 6.92 Å². The van der Waals surface area contributed by atoms with Crippen LogP contribution in [0.5, 0.6) is 0 Å². The highest BCUT2D eigenvalue weighted by Gasteiger charge is 2.13. The largest absolute Gasteiger partial charge is 0.481 e. The summed E-state index contributed by atoms with van der Waals surface area (Å²) in [7, 11) is 0. The lowest BCUT2D eigenvalue weighted by Crippen LogP contribution is -2.34. The SMILES string of the molecule is CC(CC(=O)O)NC(=O)CCn1cnc([N+](=O)[O-])c1. The number of imidazole rings is 1. The predicted octanol–water partition coefficient (Wildman–Crippen LogP) is 0.161. The van der Waals surface area contributed by atoms with Gasteiger partial charge in [-0.2, -0.15) is 0 Å². The Balaban J connectivity index is 2.37. The van der Waals surface area contributed by atoms with Crippen LogP contribution in [0.4, 0.5) is 5.82 Å². The number of hydrogen-bond acceptors (Lipinski definition) is 5. The van der Waals surface area contributed by atoms with Crippen molar-refractivity contribution in [3.05, 3.63) is 22.6 Å². The fraction of sp³-hybridized carbons (Fsp3) is 0.500. The molecule has 104 valence electrons. The molecule has 0 bridgehead atoms. The fourth-order valence-electron chi connectivity index (χ4n) is 1.46. The fourth-order valence-corrected chi connectivity index (χ4v) is 1.46. The summed E-state index contributed by atoms with van der Waals surface area (Å²) in [6.45, 7) is 1.83. The molecule has 0 aromatic carbocycles. The van der Waals surface area contributed by atoms with Crippen LogP contribution >= 0.6 is 0 Å². The number of aliphatic carboxylic acids is 1. The van der Waals surface area contributed by atoms with Crippen molar-refractivity contribution < 1.29 is 19.6 Å². The highest BCUT2D eigenvalue weighted by molar-refractivity contribution is 5.77. The van der Waals surface area contributed by atoms with E-state index in [0.29, 0.717) is 0 Å². The summed E-state index contributed by atoms with van der Waals surface area (Å²) in [6.07, 6.45) is 2.44. The first-order valence-electron chi connectivity index (χ1n) is 5.56. The molecule has 1 rings (SSSR count). The second-order valence-corrected chi connectivity index (χ2v) is 4.04. The molecular formula is C10H14N4O5. The van der Waals surface area contributed by atoms with Gasteiger partial charge in [-0.3, -0.25) is 9.59 Å². The van der Waals surface area contributed by atoms with Crippen molar-refractivity contribution in [2.75, 3.05) is 0 Å². The summed E-state index contributed by atoms with van der Waals surface area (Å²) in [6, 6.07) is -0.456. The van der Waals surface area contributed by atoms with Crippen LogP contribution < -0.4 is 5.32 Å². The average molecular weight is 270 g/mol. The Kier molecular flexibility index (Phi) is 4.98. The summed E-state index contributed by atoms with van der Waals surface area (Å²) in [5.74, 6) is -1.58. The third-order valence-electron chi connectivity index (χ3n) is 2.29. The van der Waals surface area contributed by atoms with E-state index in [9.17, 15) is 19.7 Å². The standard InChI is InChI=1S/C10H14N4O5/c1-7(4-10(16)17)12-9(15)2-3-13-5-8(11-6-13)14(18)19/h5-7H,2-4H2,1H3,(H,12,15)(H,16,17). The Morgan fingerprint density at radius 2 is 2.32 bits per heavy atom. The Bertz CT molecular complexity index is 484. The van der Waals surface area contributed by atoms with Gasteiger partial charge in [-0.25, -0.2) is 0 Å². The molecule has 9 heteroatoms. The van der Waals surface area contributed by atoms with Crippen LogP contribution in [0.1, 0.15) is 19.8 Å². The minimum Gasteiger partial charge on any atom is -0.481 e. The molecule has 0 radical (unpaired) electrons. The first kappa shape index (κ1) is 14.6. The topological polar surface area (TPSA) is 127 Å². The van der Waals surface area contributed by atoms with E-state index in [0.717, 1.165) is 0 Å². The summed E-state index contributed by atoms with van der Waals surface area (Å²) in [4.78, 5) is 35.2. The lowest BCUT2D eigenvalue weighted by Gasteiger charge is -2.11. The summed E-state index contributed by atoms with van der Waals surface area (Å²) in [5.41, 5.74) is 0. The highest BCUT2D eigenvalue weighted by atomic mass is 16.6. The number of carboxylic acids is 1. The maximum Gasteiger partial charge on any atom is 0.381 e. The number of aryl methyl sites for hydroxylation is 1. The second kappa shape index (κ2) is 6.47. The molecule has 0 aliphatic carbocycles. The molecule has 1 aromatic heterocycles. The van der Waals surface area contributed by atoms with Gasteiger partial charge in [0.15, 0.2) is 0 Å². The molecule has 19 heavy (non-hydrogen) atoms. The monoisotopic (exact) mass is 270 g/mol. The van der Waals surface area contributed by atoms with E-state index < -0.39 is 16.9 Å². The number of nitrogens with zero attached hydrogens (tertiary/aromatic N) is 3. The molecule has 0 fully saturated rings. The number of aromatic nitrogens is 2. The van der Waals surface area contributed by atoms with Gasteiger partial charge in [0.25, 0.3) is 0 Å². The van der Waals surface area contributed by atoms with Crippen molar-refractivity contribution in [3.8, 4) is 0 Å². The van der Waals surface area contributed by atoms with Crippen molar-refractivity contribution in [2.24, 2.45) is 0 Å². The minimum atomic E-state index is -0.988. The number of carboxylic acid groups (broad SMARTS) is 1. The molecule has 0 spiro atoms. The van der Waals surface area contributed by atoms with E-state index in [1.165, 1.54) is 17.1 Å². The molecule has 2 N–H and O–H groups in total. The molecule has 1 atom stereocenters. The van der Waals surface area contributed by atoms with Crippen LogP contribution in [0.25, 0.3) is 0 Å². The van der Waals surface area contributed by atoms with Gasteiger partial charge >= 0.3 is 11.8 Å². The van der Waals surface area contributed by atoms with Crippen molar-refractivity contribution in [3.63, 3.8) is 0 Å². The van der Waals surface area contributed by atoms with Gasteiger partial charge in [-0.15, -0.1) is 0 Å². The molecule has 0 saturated heterocycles. The molecule has 9 nitrogen and oxygen atoms in total. The zero-order valence-electron chi connectivity index (χ0n) is 10.3. The third-order valence-corrected chi connectivity index (χ3v) is 2.29. The number of amides is 1. The smallest absolute Gasteiger partial charge is 0.381 e. The van der Waals surface area contributed by atoms with Crippen LogP contribution in [-0.4, -0.2) is 37.5 Å². The zero-order valence-corrected chi connectivity index (χ0v) is 10.3. The first-order valence-corrected chi connectivity index (χ1v) is 5.56. The molecule has 0 aliphatic rings. The molecule has 0 aliphatic heterocycles. The molecule has 0 saturated carbocycles. The van der Waals surface area contributed by atoms with Crippen molar-refractivity contribution >= 4 is 17.7 Å². The Labute approximate surface area is 108 Å². The number of carbonyl (C=O) groups excluding carboxylic acids is 1. The van der Waals surface area contributed by atoms with Crippen molar-refractivity contribution in [1.82, 2.24) is 14.9 Å². The lowest BCUT2D eigenvalue weighted by molar-refractivity contribution is -0.389. The van der Waals surface area contributed by atoms with Crippen LogP contribution in [-0.2, 0) is 16.1 Å². The predicted molar refractivity (Wildman–Crippen MR) is 63.4 cm³/mol. The number of rotatable bonds is 7. The zero-order chi connectivity index (χ0) is 14.4.